The Hall–Kier alpha value is -1.47. The topological polar surface area (TPSA) is 35.8 Å². The molecule has 0 radical (unpaired) electrons. The van der Waals surface area contributed by atoms with E-state index in [1.807, 2.05) is 0 Å². The van der Waals surface area contributed by atoms with Crippen LogP contribution in [0.25, 0.3) is 0 Å². The van der Waals surface area contributed by atoms with Crippen LogP contribution in [0.1, 0.15) is 25.5 Å². The number of hydrogen-bond acceptors (Lipinski definition) is 2. The average Bonchev–Trinajstić information content (AvgIpc) is 2.28. The smallest absolute Gasteiger partial charge is 0.128 e. The molecule has 0 aliphatic heterocycles. The van der Waals surface area contributed by atoms with E-state index in [-0.39, 0.29) is 17.5 Å². The molecule has 4 heteroatoms. The maximum Gasteiger partial charge on any atom is 0.128 e. The molecular weight excluding hydrogens is 210 g/mol. The van der Waals surface area contributed by atoms with E-state index in [0.717, 1.165) is 12.1 Å². The van der Waals surface area contributed by atoms with Crippen molar-refractivity contribution in [2.45, 2.75) is 19.9 Å². The van der Waals surface area contributed by atoms with Crippen LogP contribution < -0.4 is 5.32 Å². The zero-order chi connectivity index (χ0) is 12.1. The summed E-state index contributed by atoms with van der Waals surface area (Å²) < 4.78 is 26.3. The normalized spacial score (nSPS) is 14.2. The van der Waals surface area contributed by atoms with Crippen molar-refractivity contribution in [3.63, 3.8) is 0 Å². The van der Waals surface area contributed by atoms with Crippen LogP contribution in [0, 0.1) is 28.9 Å². The largest absolute Gasteiger partial charge is 0.309 e. The first-order chi connectivity index (χ1) is 7.54. The monoisotopic (exact) mass is 224 g/mol. The highest BCUT2D eigenvalue weighted by Crippen LogP contribution is 2.17. The summed E-state index contributed by atoms with van der Waals surface area (Å²) in [7, 11) is 0. The van der Waals surface area contributed by atoms with Crippen LogP contribution in [0.5, 0.6) is 0 Å². The Labute approximate surface area is 93.9 Å². The van der Waals surface area contributed by atoms with Crippen molar-refractivity contribution in [1.82, 2.24) is 5.32 Å². The molecule has 1 aromatic rings. The summed E-state index contributed by atoms with van der Waals surface area (Å²) in [5.41, 5.74) is 0.283. The van der Waals surface area contributed by atoms with Crippen LogP contribution in [-0.2, 0) is 0 Å². The molecule has 0 fully saturated rings. The van der Waals surface area contributed by atoms with E-state index in [9.17, 15) is 8.78 Å². The van der Waals surface area contributed by atoms with Gasteiger partial charge in [0, 0.05) is 18.2 Å². The molecule has 0 spiro atoms. The minimum Gasteiger partial charge on any atom is -0.309 e. The molecule has 0 amide bonds. The zero-order valence-electron chi connectivity index (χ0n) is 9.30. The van der Waals surface area contributed by atoms with E-state index in [1.54, 1.807) is 13.8 Å². The number of nitrogens with one attached hydrogen (secondary N) is 1. The lowest BCUT2D eigenvalue weighted by atomic mass is 10.1. The number of benzene rings is 1. The zero-order valence-corrected chi connectivity index (χ0v) is 9.30. The highest BCUT2D eigenvalue weighted by molar-refractivity contribution is 5.21. The molecule has 0 aliphatic carbocycles. The molecule has 16 heavy (non-hydrogen) atoms. The Morgan fingerprint density at radius 1 is 1.38 bits per heavy atom. The molecule has 1 rings (SSSR count). The Morgan fingerprint density at radius 2 is 2.06 bits per heavy atom. The van der Waals surface area contributed by atoms with Gasteiger partial charge < -0.3 is 5.32 Å². The molecule has 2 nitrogen and oxygen atoms in total. The third-order valence-electron chi connectivity index (χ3n) is 2.38. The Bertz CT molecular complexity index is 398. The molecule has 2 unspecified atom stereocenters. The summed E-state index contributed by atoms with van der Waals surface area (Å²) in [6, 6.07) is 5.12. The highest BCUT2D eigenvalue weighted by Gasteiger charge is 2.12. The lowest BCUT2D eigenvalue weighted by Crippen LogP contribution is -2.24. The first-order valence-electron chi connectivity index (χ1n) is 5.12. The van der Waals surface area contributed by atoms with E-state index >= 15 is 0 Å². The van der Waals surface area contributed by atoms with E-state index in [1.165, 1.54) is 6.07 Å². The Morgan fingerprint density at radius 3 is 2.69 bits per heavy atom. The van der Waals surface area contributed by atoms with Gasteiger partial charge >= 0.3 is 0 Å². The SMILES string of the molecule is CC(C#N)CNC(C)c1cc(F)ccc1F. The molecule has 1 N–H and O–H groups in total. The fraction of sp³-hybridized carbons (Fsp3) is 0.417. The highest BCUT2D eigenvalue weighted by atomic mass is 19.1. The molecule has 2 atom stereocenters. The number of rotatable bonds is 4. The summed E-state index contributed by atoms with van der Waals surface area (Å²) in [6.07, 6.45) is 0. The van der Waals surface area contributed by atoms with E-state index in [2.05, 4.69) is 11.4 Å². The van der Waals surface area contributed by atoms with Gasteiger partial charge in [0.1, 0.15) is 11.6 Å². The van der Waals surface area contributed by atoms with Crippen LogP contribution in [0.3, 0.4) is 0 Å². The number of nitrogens with zero attached hydrogens (tertiary/aromatic N) is 1. The second-order valence-corrected chi connectivity index (χ2v) is 3.83. The van der Waals surface area contributed by atoms with Crippen LogP contribution in [0.4, 0.5) is 8.78 Å². The number of halogens is 2. The Kier molecular flexibility index (Phi) is 4.39. The van der Waals surface area contributed by atoms with Crippen LogP contribution in [0.2, 0.25) is 0 Å². The lowest BCUT2D eigenvalue weighted by molar-refractivity contribution is 0.496. The first-order valence-corrected chi connectivity index (χ1v) is 5.12. The van der Waals surface area contributed by atoms with Crippen molar-refractivity contribution in [2.24, 2.45) is 5.92 Å². The molecule has 0 saturated carbocycles. The van der Waals surface area contributed by atoms with Gasteiger partial charge in [0.2, 0.25) is 0 Å². The van der Waals surface area contributed by atoms with E-state index in [0.29, 0.717) is 6.54 Å². The van der Waals surface area contributed by atoms with Gasteiger partial charge in [0.25, 0.3) is 0 Å². The van der Waals surface area contributed by atoms with Gasteiger partial charge in [0.15, 0.2) is 0 Å². The molecular formula is C12H14F2N2. The van der Waals surface area contributed by atoms with Crippen molar-refractivity contribution in [3.05, 3.63) is 35.4 Å². The fourth-order valence-corrected chi connectivity index (χ4v) is 1.36. The van der Waals surface area contributed by atoms with Crippen LogP contribution >= 0.6 is 0 Å². The maximum absolute atomic E-state index is 13.4. The second kappa shape index (κ2) is 5.57. The van der Waals surface area contributed by atoms with Gasteiger partial charge in [-0.3, -0.25) is 0 Å². The van der Waals surface area contributed by atoms with Gasteiger partial charge in [-0.15, -0.1) is 0 Å². The van der Waals surface area contributed by atoms with Crippen molar-refractivity contribution >= 4 is 0 Å². The summed E-state index contributed by atoms with van der Waals surface area (Å²) in [4.78, 5) is 0. The summed E-state index contributed by atoms with van der Waals surface area (Å²) >= 11 is 0. The van der Waals surface area contributed by atoms with Crippen molar-refractivity contribution in [3.8, 4) is 6.07 Å². The summed E-state index contributed by atoms with van der Waals surface area (Å²) in [5, 5.41) is 11.6. The maximum atomic E-state index is 13.4. The summed E-state index contributed by atoms with van der Waals surface area (Å²) in [6.45, 7) is 3.96. The van der Waals surface area contributed by atoms with E-state index in [4.69, 9.17) is 5.26 Å². The third-order valence-corrected chi connectivity index (χ3v) is 2.38. The van der Waals surface area contributed by atoms with Crippen LogP contribution in [-0.4, -0.2) is 6.54 Å². The predicted molar refractivity (Wildman–Crippen MR) is 57.6 cm³/mol. The van der Waals surface area contributed by atoms with Crippen molar-refractivity contribution in [1.29, 1.82) is 5.26 Å². The second-order valence-electron chi connectivity index (χ2n) is 3.83. The molecule has 0 aromatic heterocycles. The minimum atomic E-state index is -0.460. The standard InChI is InChI=1S/C12H14F2N2/c1-8(6-15)7-16-9(2)11-5-10(13)3-4-12(11)14/h3-5,8-9,16H,7H2,1-2H3. The van der Waals surface area contributed by atoms with Crippen molar-refractivity contribution < 1.29 is 8.78 Å². The predicted octanol–water partition coefficient (Wildman–Crippen LogP) is 2.78. The van der Waals surface area contributed by atoms with Crippen LogP contribution in [0.15, 0.2) is 18.2 Å². The van der Waals surface area contributed by atoms with Gasteiger partial charge in [-0.25, -0.2) is 8.78 Å². The third kappa shape index (κ3) is 3.28. The minimum absolute atomic E-state index is 0.154. The molecule has 0 bridgehead atoms. The number of hydrogen-bond donors (Lipinski definition) is 1. The Balaban J connectivity index is 2.69. The molecule has 0 aliphatic rings. The number of nitriles is 1. The first kappa shape index (κ1) is 12.6. The van der Waals surface area contributed by atoms with Gasteiger partial charge in [-0.2, -0.15) is 5.26 Å². The van der Waals surface area contributed by atoms with Gasteiger partial charge in [0.05, 0.1) is 12.0 Å². The van der Waals surface area contributed by atoms with Gasteiger partial charge in [-0.1, -0.05) is 0 Å². The summed E-state index contributed by atoms with van der Waals surface area (Å²) in [5.74, 6) is -1.05. The quantitative estimate of drug-likeness (QED) is 0.853. The van der Waals surface area contributed by atoms with Crippen molar-refractivity contribution in [2.75, 3.05) is 6.54 Å². The molecule has 0 heterocycles. The molecule has 1 aromatic carbocycles. The lowest BCUT2D eigenvalue weighted by Gasteiger charge is -2.15. The average molecular weight is 224 g/mol. The molecule has 86 valence electrons. The fourth-order valence-electron chi connectivity index (χ4n) is 1.36. The van der Waals surface area contributed by atoms with Gasteiger partial charge in [-0.05, 0) is 32.0 Å². The van der Waals surface area contributed by atoms with E-state index < -0.39 is 11.6 Å². The molecule has 0 saturated heterocycles.